The van der Waals surface area contributed by atoms with Crippen LogP contribution in [0.25, 0.3) is 21.4 Å². The molecule has 27 heavy (non-hydrogen) atoms. The van der Waals surface area contributed by atoms with Crippen LogP contribution in [0.2, 0.25) is 0 Å². The highest BCUT2D eigenvalue weighted by atomic mass is 32.1. The summed E-state index contributed by atoms with van der Waals surface area (Å²) in [6.07, 6.45) is 1.49. The number of aromatic nitrogens is 6. The molecule has 0 aliphatic heterocycles. The predicted octanol–water partition coefficient (Wildman–Crippen LogP) is 0.958. The lowest BCUT2D eigenvalue weighted by Crippen LogP contribution is -2.37. The lowest BCUT2D eigenvalue weighted by Gasteiger charge is -2.14. The smallest absolute Gasteiger partial charge is 0.314 e. The lowest BCUT2D eigenvalue weighted by atomic mass is 10.2. The van der Waals surface area contributed by atoms with Crippen LogP contribution >= 0.6 is 11.3 Å². The van der Waals surface area contributed by atoms with Gasteiger partial charge in [0.05, 0.1) is 17.8 Å². The van der Waals surface area contributed by atoms with Crippen molar-refractivity contribution in [2.24, 2.45) is 14.1 Å². The molecule has 0 amide bonds. The van der Waals surface area contributed by atoms with E-state index in [1.165, 1.54) is 29.3 Å². The molecule has 0 saturated heterocycles. The second-order valence-corrected chi connectivity index (χ2v) is 7.82. The van der Waals surface area contributed by atoms with Crippen LogP contribution in [0.1, 0.15) is 29.2 Å². The van der Waals surface area contributed by atoms with Gasteiger partial charge in [0.25, 0.3) is 11.1 Å². The quantitative estimate of drug-likeness (QED) is 0.552. The Balaban J connectivity index is 1.98. The molecule has 0 aliphatic rings. The minimum absolute atomic E-state index is 0.201. The zero-order chi connectivity index (χ0) is 19.6. The average Bonchev–Trinajstić information content (AvgIpc) is 3.19. The summed E-state index contributed by atoms with van der Waals surface area (Å²) in [6, 6.07) is -0.444. The van der Waals surface area contributed by atoms with Gasteiger partial charge in [0.15, 0.2) is 11.2 Å². The number of thiophene rings is 1. The van der Waals surface area contributed by atoms with Gasteiger partial charge in [0, 0.05) is 19.0 Å². The number of fused-ring (bicyclic) bond motifs is 2. The second kappa shape index (κ2) is 5.74. The zero-order valence-corrected chi connectivity index (χ0v) is 16.3. The van der Waals surface area contributed by atoms with Gasteiger partial charge >= 0.3 is 5.69 Å². The summed E-state index contributed by atoms with van der Waals surface area (Å²) < 4.78 is 4.00. The Hall–Kier alpha value is -3.01. The molecule has 0 unspecified atom stereocenters. The van der Waals surface area contributed by atoms with Gasteiger partial charge in [0.1, 0.15) is 10.7 Å². The molecule has 0 radical (unpaired) electrons. The van der Waals surface area contributed by atoms with E-state index in [2.05, 4.69) is 15.0 Å². The zero-order valence-electron chi connectivity index (χ0n) is 15.5. The first-order valence-electron chi connectivity index (χ1n) is 8.34. The van der Waals surface area contributed by atoms with Crippen molar-refractivity contribution in [3.63, 3.8) is 0 Å². The number of rotatable bonds is 2. The second-order valence-electron chi connectivity index (χ2n) is 6.62. The lowest BCUT2D eigenvalue weighted by molar-refractivity contribution is 0.610. The van der Waals surface area contributed by atoms with Gasteiger partial charge in [-0.3, -0.25) is 18.7 Å². The molecule has 0 saturated carbocycles. The van der Waals surface area contributed by atoms with Crippen LogP contribution in [0.4, 0.5) is 0 Å². The van der Waals surface area contributed by atoms with Crippen molar-refractivity contribution in [3.8, 4) is 0 Å². The summed E-state index contributed by atoms with van der Waals surface area (Å²) in [5.41, 5.74) is 0.425. The maximum Gasteiger partial charge on any atom is 0.332 e. The third-order valence-electron chi connectivity index (χ3n) is 5.04. The molecule has 1 atom stereocenters. The number of nitrogens with zero attached hydrogens (tertiary/aromatic N) is 5. The number of nitrogens with one attached hydrogen (secondary N) is 1. The van der Waals surface area contributed by atoms with Gasteiger partial charge in [-0.05, 0) is 26.3 Å². The molecule has 10 heteroatoms. The van der Waals surface area contributed by atoms with Gasteiger partial charge in [-0.15, -0.1) is 11.3 Å². The van der Waals surface area contributed by atoms with Crippen LogP contribution in [0.3, 0.4) is 0 Å². The van der Waals surface area contributed by atoms with Crippen LogP contribution in [0.15, 0.2) is 20.7 Å². The summed E-state index contributed by atoms with van der Waals surface area (Å²) >= 11 is 1.47. The van der Waals surface area contributed by atoms with Gasteiger partial charge in [-0.2, -0.15) is 0 Å². The highest BCUT2D eigenvalue weighted by molar-refractivity contribution is 7.18. The predicted molar refractivity (Wildman–Crippen MR) is 104 cm³/mol. The first-order valence-corrected chi connectivity index (χ1v) is 9.16. The Morgan fingerprint density at radius 2 is 1.85 bits per heavy atom. The van der Waals surface area contributed by atoms with E-state index in [-0.39, 0.29) is 11.1 Å². The minimum Gasteiger partial charge on any atom is -0.314 e. The molecule has 0 fully saturated rings. The Morgan fingerprint density at radius 3 is 2.56 bits per heavy atom. The van der Waals surface area contributed by atoms with E-state index in [0.717, 1.165) is 15.0 Å². The first kappa shape index (κ1) is 17.4. The minimum atomic E-state index is -0.444. The molecule has 4 heterocycles. The summed E-state index contributed by atoms with van der Waals surface area (Å²) in [5.74, 6) is 0.434. The number of imidazole rings is 1. The SMILES string of the molecule is Cc1sc2nc([C@@H](C)n3cnc4c3c(=O)n(C)c(=O)n4C)[nH]c(=O)c2c1C. The van der Waals surface area contributed by atoms with Crippen molar-refractivity contribution in [2.75, 3.05) is 0 Å². The molecule has 4 rings (SSSR count). The standard InChI is InChI=1S/C17H18N6O3S/c1-7-9(3)27-15-10(7)14(24)19-12(20-15)8(2)23-6-18-13-11(23)16(25)22(5)17(26)21(13)4/h6,8H,1-5H3,(H,19,20,24)/t8-/m1/s1. The number of hydrogen-bond donors (Lipinski definition) is 1. The van der Waals surface area contributed by atoms with E-state index < -0.39 is 17.3 Å². The van der Waals surface area contributed by atoms with E-state index in [9.17, 15) is 14.4 Å². The van der Waals surface area contributed by atoms with Crippen LogP contribution < -0.4 is 16.8 Å². The normalized spacial score (nSPS) is 12.9. The summed E-state index contributed by atoms with van der Waals surface area (Å²) in [6.45, 7) is 5.68. The fourth-order valence-corrected chi connectivity index (χ4v) is 4.30. The van der Waals surface area contributed by atoms with Crippen LogP contribution in [-0.2, 0) is 14.1 Å². The molecule has 1 N–H and O–H groups in total. The van der Waals surface area contributed by atoms with Crippen molar-refractivity contribution in [1.82, 2.24) is 28.7 Å². The Labute approximate surface area is 156 Å². The molecule has 0 aromatic carbocycles. The summed E-state index contributed by atoms with van der Waals surface area (Å²) in [4.78, 5) is 50.7. The third kappa shape index (κ3) is 2.33. The molecular formula is C17H18N6O3S. The fourth-order valence-electron chi connectivity index (χ4n) is 3.26. The molecule has 0 aliphatic carbocycles. The fraction of sp³-hybridized carbons (Fsp3) is 0.353. The number of aromatic amines is 1. The molecule has 9 nitrogen and oxygen atoms in total. The Morgan fingerprint density at radius 1 is 1.15 bits per heavy atom. The number of H-pyrrole nitrogens is 1. The van der Waals surface area contributed by atoms with Crippen LogP contribution in [0.5, 0.6) is 0 Å². The molecular weight excluding hydrogens is 368 g/mol. The van der Waals surface area contributed by atoms with Crippen LogP contribution in [-0.4, -0.2) is 28.7 Å². The van der Waals surface area contributed by atoms with Gasteiger partial charge in [-0.25, -0.2) is 14.8 Å². The molecule has 4 aromatic rings. The Bertz CT molecular complexity index is 1400. The van der Waals surface area contributed by atoms with E-state index in [4.69, 9.17) is 0 Å². The number of hydrogen-bond acceptors (Lipinski definition) is 6. The third-order valence-corrected chi connectivity index (χ3v) is 6.14. The van der Waals surface area contributed by atoms with E-state index in [0.29, 0.717) is 21.7 Å². The van der Waals surface area contributed by atoms with Gasteiger partial charge in [-0.1, -0.05) is 0 Å². The average molecular weight is 386 g/mol. The van der Waals surface area contributed by atoms with Crippen molar-refractivity contribution < 1.29 is 0 Å². The molecule has 4 aromatic heterocycles. The topological polar surface area (TPSA) is 108 Å². The highest BCUT2D eigenvalue weighted by Gasteiger charge is 2.21. The van der Waals surface area contributed by atoms with E-state index >= 15 is 0 Å². The first-order chi connectivity index (χ1) is 12.7. The molecule has 0 bridgehead atoms. The van der Waals surface area contributed by atoms with Crippen molar-refractivity contribution in [3.05, 3.63) is 53.8 Å². The van der Waals surface area contributed by atoms with Gasteiger partial charge in [0.2, 0.25) is 0 Å². The van der Waals surface area contributed by atoms with Crippen LogP contribution in [0, 0.1) is 13.8 Å². The molecule has 0 spiro atoms. The number of aryl methyl sites for hydroxylation is 3. The summed E-state index contributed by atoms with van der Waals surface area (Å²) in [7, 11) is 2.99. The monoisotopic (exact) mass is 386 g/mol. The Kier molecular flexibility index (Phi) is 3.70. The van der Waals surface area contributed by atoms with Gasteiger partial charge < -0.3 is 9.55 Å². The highest BCUT2D eigenvalue weighted by Crippen LogP contribution is 2.27. The van der Waals surface area contributed by atoms with E-state index in [1.807, 2.05) is 20.8 Å². The van der Waals surface area contributed by atoms with Crippen molar-refractivity contribution in [1.29, 1.82) is 0 Å². The van der Waals surface area contributed by atoms with Crippen molar-refractivity contribution >= 4 is 32.7 Å². The largest absolute Gasteiger partial charge is 0.332 e. The maximum atomic E-state index is 12.6. The van der Waals surface area contributed by atoms with E-state index in [1.54, 1.807) is 11.6 Å². The van der Waals surface area contributed by atoms with Crippen molar-refractivity contribution in [2.45, 2.75) is 26.8 Å². The maximum absolute atomic E-state index is 12.6. The molecule has 140 valence electrons. The summed E-state index contributed by atoms with van der Waals surface area (Å²) in [5, 5.41) is 0.599.